The molecule has 0 fully saturated rings. The number of aliphatic hydroxyl groups excluding tert-OH is 1. The van der Waals surface area contributed by atoms with Crippen molar-refractivity contribution in [3.05, 3.63) is 65.7 Å². The predicted octanol–water partition coefficient (Wildman–Crippen LogP) is 1.79. The van der Waals surface area contributed by atoms with E-state index in [2.05, 4.69) is 48.4 Å². The summed E-state index contributed by atoms with van der Waals surface area (Å²) in [4.78, 5) is 25.8. The summed E-state index contributed by atoms with van der Waals surface area (Å²) in [5.74, 6) is 0.986. The number of nitrogens with two attached hydrogens (primary N) is 1. The zero-order valence-electron chi connectivity index (χ0n) is 22.1. The fourth-order valence-electron chi connectivity index (χ4n) is 3.41. The van der Waals surface area contributed by atoms with Gasteiger partial charge in [-0.15, -0.1) is 0 Å². The standard InChI is InChI=1S/C27H38N8O4/c28-12-17-38-19-20-39-18-15-29-24(37)22-7-9-23(10-8-22)32-27-34-25(30-13-4-16-36)33-26(35-27)31-14-11-21-5-2-1-3-6-21/h1-3,5-10,36H,4,11-20,28H2,(H,29,37)(H3,30,31,32,33,34,35). The Bertz CT molecular complexity index is 1100. The summed E-state index contributed by atoms with van der Waals surface area (Å²) < 4.78 is 10.6. The van der Waals surface area contributed by atoms with E-state index >= 15 is 0 Å². The average Bonchev–Trinajstić information content (AvgIpc) is 2.95. The monoisotopic (exact) mass is 538 g/mol. The molecule has 0 saturated heterocycles. The lowest BCUT2D eigenvalue weighted by molar-refractivity contribution is 0.0511. The van der Waals surface area contributed by atoms with E-state index in [1.54, 1.807) is 24.3 Å². The molecule has 0 unspecified atom stereocenters. The van der Waals surface area contributed by atoms with Crippen molar-refractivity contribution in [2.45, 2.75) is 12.8 Å². The normalized spacial score (nSPS) is 10.7. The summed E-state index contributed by atoms with van der Waals surface area (Å²) in [6.07, 6.45) is 1.39. The van der Waals surface area contributed by atoms with Gasteiger partial charge in [-0.2, -0.15) is 15.0 Å². The van der Waals surface area contributed by atoms with Gasteiger partial charge in [0.25, 0.3) is 5.91 Å². The third-order valence-electron chi connectivity index (χ3n) is 5.36. The topological polar surface area (TPSA) is 169 Å². The minimum atomic E-state index is -0.190. The third kappa shape index (κ3) is 11.6. The number of aromatic nitrogens is 3. The first-order chi connectivity index (χ1) is 19.2. The maximum Gasteiger partial charge on any atom is 0.251 e. The van der Waals surface area contributed by atoms with Gasteiger partial charge in [0.2, 0.25) is 17.8 Å². The first-order valence-electron chi connectivity index (χ1n) is 13.1. The van der Waals surface area contributed by atoms with Crippen molar-refractivity contribution in [2.75, 3.05) is 75.2 Å². The van der Waals surface area contributed by atoms with Crippen LogP contribution in [0.3, 0.4) is 0 Å². The largest absolute Gasteiger partial charge is 0.396 e. The molecule has 12 nitrogen and oxygen atoms in total. The van der Waals surface area contributed by atoms with E-state index in [0.29, 0.717) is 82.4 Å². The van der Waals surface area contributed by atoms with E-state index < -0.39 is 0 Å². The van der Waals surface area contributed by atoms with Gasteiger partial charge in [0.15, 0.2) is 0 Å². The van der Waals surface area contributed by atoms with Crippen LogP contribution in [0.5, 0.6) is 0 Å². The van der Waals surface area contributed by atoms with Crippen LogP contribution in [0.1, 0.15) is 22.3 Å². The van der Waals surface area contributed by atoms with Crippen molar-refractivity contribution >= 4 is 29.4 Å². The fourth-order valence-corrected chi connectivity index (χ4v) is 3.41. The molecule has 0 spiro atoms. The molecule has 3 aromatic rings. The highest BCUT2D eigenvalue weighted by molar-refractivity contribution is 5.94. The maximum absolute atomic E-state index is 12.4. The van der Waals surface area contributed by atoms with Crippen LogP contribution in [0.2, 0.25) is 0 Å². The summed E-state index contributed by atoms with van der Waals surface area (Å²) in [7, 11) is 0. The number of benzene rings is 2. The predicted molar refractivity (Wildman–Crippen MR) is 151 cm³/mol. The summed E-state index contributed by atoms with van der Waals surface area (Å²) in [6, 6.07) is 17.2. The third-order valence-corrected chi connectivity index (χ3v) is 5.36. The van der Waals surface area contributed by atoms with Gasteiger partial charge in [0, 0.05) is 44.0 Å². The summed E-state index contributed by atoms with van der Waals surface area (Å²) in [6.45, 7) is 3.97. The SMILES string of the molecule is NCCOCCOCCNC(=O)c1ccc(Nc2nc(NCCCO)nc(NCCc3ccccc3)n2)cc1. The van der Waals surface area contributed by atoms with Crippen molar-refractivity contribution in [3.8, 4) is 0 Å². The molecule has 0 bridgehead atoms. The lowest BCUT2D eigenvalue weighted by Crippen LogP contribution is -2.27. The van der Waals surface area contributed by atoms with Gasteiger partial charge in [0.1, 0.15) is 0 Å². The molecular formula is C27H38N8O4. The molecule has 1 aromatic heterocycles. The fraction of sp³-hybridized carbons (Fsp3) is 0.407. The number of hydrogen-bond donors (Lipinski definition) is 6. The Kier molecular flexibility index (Phi) is 13.4. The number of amides is 1. The highest BCUT2D eigenvalue weighted by atomic mass is 16.5. The van der Waals surface area contributed by atoms with E-state index in [4.69, 9.17) is 20.3 Å². The molecule has 3 rings (SSSR count). The smallest absolute Gasteiger partial charge is 0.251 e. The average molecular weight is 539 g/mol. The summed E-state index contributed by atoms with van der Waals surface area (Å²) in [5.41, 5.74) is 7.81. The highest BCUT2D eigenvalue weighted by Crippen LogP contribution is 2.17. The Labute approximate surface area is 228 Å². The van der Waals surface area contributed by atoms with E-state index in [1.165, 1.54) is 5.56 Å². The highest BCUT2D eigenvalue weighted by Gasteiger charge is 2.09. The van der Waals surface area contributed by atoms with Crippen LogP contribution in [0.4, 0.5) is 23.5 Å². The van der Waals surface area contributed by atoms with E-state index in [-0.39, 0.29) is 12.5 Å². The number of aliphatic hydroxyl groups is 1. The minimum absolute atomic E-state index is 0.0719. The molecule has 39 heavy (non-hydrogen) atoms. The van der Waals surface area contributed by atoms with Gasteiger partial charge in [-0.1, -0.05) is 30.3 Å². The number of nitrogens with one attached hydrogen (secondary N) is 4. The van der Waals surface area contributed by atoms with Gasteiger partial charge < -0.3 is 41.6 Å². The van der Waals surface area contributed by atoms with Crippen molar-refractivity contribution in [2.24, 2.45) is 5.73 Å². The zero-order valence-corrected chi connectivity index (χ0v) is 22.1. The molecule has 2 aromatic carbocycles. The quantitative estimate of drug-likeness (QED) is 0.123. The number of carbonyl (C=O) groups excluding carboxylic acids is 1. The molecule has 0 aliphatic rings. The zero-order chi connectivity index (χ0) is 27.5. The molecule has 0 saturated carbocycles. The van der Waals surface area contributed by atoms with Gasteiger partial charge in [0.05, 0.1) is 26.4 Å². The summed E-state index contributed by atoms with van der Waals surface area (Å²) >= 11 is 0. The second kappa shape index (κ2) is 17.6. The number of rotatable bonds is 19. The molecule has 0 aliphatic carbocycles. The van der Waals surface area contributed by atoms with Gasteiger partial charge >= 0.3 is 0 Å². The molecule has 1 heterocycles. The second-order valence-electron chi connectivity index (χ2n) is 8.44. The van der Waals surface area contributed by atoms with Gasteiger partial charge in [-0.05, 0) is 42.7 Å². The van der Waals surface area contributed by atoms with E-state index in [9.17, 15) is 4.79 Å². The number of ether oxygens (including phenoxy) is 2. The molecule has 7 N–H and O–H groups in total. The van der Waals surface area contributed by atoms with Gasteiger partial charge in [-0.3, -0.25) is 4.79 Å². The molecular weight excluding hydrogens is 500 g/mol. The first-order valence-corrected chi connectivity index (χ1v) is 13.1. The van der Waals surface area contributed by atoms with Gasteiger partial charge in [-0.25, -0.2) is 0 Å². The minimum Gasteiger partial charge on any atom is -0.396 e. The molecule has 0 atom stereocenters. The van der Waals surface area contributed by atoms with Crippen molar-refractivity contribution < 1.29 is 19.4 Å². The Balaban J connectivity index is 1.52. The first kappa shape index (κ1) is 29.7. The van der Waals surface area contributed by atoms with Crippen LogP contribution >= 0.6 is 0 Å². The molecule has 210 valence electrons. The Morgan fingerprint density at radius 3 is 2.15 bits per heavy atom. The molecule has 1 amide bonds. The van der Waals surface area contributed by atoms with E-state index in [1.807, 2.05) is 18.2 Å². The van der Waals surface area contributed by atoms with Crippen LogP contribution in [-0.4, -0.2) is 85.2 Å². The lowest BCUT2D eigenvalue weighted by atomic mass is 10.1. The van der Waals surface area contributed by atoms with Crippen molar-refractivity contribution in [1.82, 2.24) is 20.3 Å². The van der Waals surface area contributed by atoms with Crippen molar-refractivity contribution in [3.63, 3.8) is 0 Å². The second-order valence-corrected chi connectivity index (χ2v) is 8.44. The Morgan fingerprint density at radius 2 is 1.46 bits per heavy atom. The van der Waals surface area contributed by atoms with Crippen LogP contribution < -0.4 is 27.0 Å². The number of nitrogens with zero attached hydrogens (tertiary/aromatic N) is 3. The van der Waals surface area contributed by atoms with Crippen LogP contribution in [0.15, 0.2) is 54.6 Å². The Hall–Kier alpha value is -3.84. The van der Waals surface area contributed by atoms with Crippen LogP contribution in [-0.2, 0) is 15.9 Å². The lowest BCUT2D eigenvalue weighted by Gasteiger charge is -2.12. The van der Waals surface area contributed by atoms with Crippen molar-refractivity contribution in [1.29, 1.82) is 0 Å². The molecule has 0 aliphatic heterocycles. The van der Waals surface area contributed by atoms with Crippen LogP contribution in [0.25, 0.3) is 0 Å². The van der Waals surface area contributed by atoms with E-state index in [0.717, 1.165) is 12.1 Å². The number of carbonyl (C=O) groups is 1. The number of anilines is 4. The Morgan fingerprint density at radius 1 is 0.795 bits per heavy atom. The summed E-state index contributed by atoms with van der Waals surface area (Å²) in [5, 5.41) is 21.4. The molecule has 0 radical (unpaired) electrons. The molecule has 12 heteroatoms. The van der Waals surface area contributed by atoms with Crippen LogP contribution in [0, 0.1) is 0 Å². The maximum atomic E-state index is 12.4. The number of hydrogen-bond acceptors (Lipinski definition) is 11.